The van der Waals surface area contributed by atoms with E-state index in [0.717, 1.165) is 39.5 Å². The Bertz CT molecular complexity index is 3560. The van der Waals surface area contributed by atoms with Crippen molar-refractivity contribution in [1.29, 1.82) is 0 Å². The van der Waals surface area contributed by atoms with Crippen molar-refractivity contribution in [2.24, 2.45) is 0 Å². The molecule has 0 bridgehead atoms. The van der Waals surface area contributed by atoms with Crippen LogP contribution in [0, 0.1) is 0 Å². The van der Waals surface area contributed by atoms with Gasteiger partial charge in [0, 0.05) is 49.9 Å². The van der Waals surface area contributed by atoms with Crippen molar-refractivity contribution < 1.29 is 0 Å². The number of hydrogen-bond donors (Lipinski definition) is 0. The Morgan fingerprint density at radius 1 is 0.328 bits per heavy atom. The summed E-state index contributed by atoms with van der Waals surface area (Å²) >= 11 is 0. The highest BCUT2D eigenvalue weighted by Gasteiger charge is 2.40. The summed E-state index contributed by atoms with van der Waals surface area (Å²) in [7, 11) is 0. The van der Waals surface area contributed by atoms with E-state index >= 15 is 0 Å². The summed E-state index contributed by atoms with van der Waals surface area (Å²) in [6.07, 6.45) is 3.97. The monoisotopic (exact) mass is 823 g/mol. The zero-order valence-electron chi connectivity index (χ0n) is 36.3. The fourth-order valence-corrected chi connectivity index (χ4v) is 11.3. The van der Waals surface area contributed by atoms with Crippen LogP contribution in [0.4, 0.5) is 34.1 Å². The van der Waals surface area contributed by atoms with Gasteiger partial charge in [0.1, 0.15) is 0 Å². The quantitative estimate of drug-likeness (QED) is 0.177. The van der Waals surface area contributed by atoms with E-state index in [-0.39, 0.29) is 10.8 Å². The fraction of sp³-hybridized carbons (Fsp3) is 0.102. The number of fused-ring (bicyclic) bond motifs is 10. The number of nitrogens with zero attached hydrogens (tertiary/aromatic N) is 5. The second-order valence-electron chi connectivity index (χ2n) is 18.5. The number of para-hydroxylation sites is 6. The molecule has 8 aromatic carbocycles. The van der Waals surface area contributed by atoms with Crippen molar-refractivity contribution in [3.05, 3.63) is 223 Å². The predicted octanol–water partition coefficient (Wildman–Crippen LogP) is 15.5. The molecule has 0 aliphatic carbocycles. The number of benzene rings is 8. The molecule has 0 saturated carbocycles. The van der Waals surface area contributed by atoms with Crippen LogP contribution in [0.3, 0.4) is 0 Å². The molecule has 2 aliphatic heterocycles. The Hall–Kier alpha value is -7.89. The summed E-state index contributed by atoms with van der Waals surface area (Å²) in [6, 6.07) is 69.5. The van der Waals surface area contributed by atoms with Crippen LogP contribution in [-0.4, -0.2) is 14.1 Å². The van der Waals surface area contributed by atoms with Crippen molar-refractivity contribution >= 4 is 77.7 Å². The summed E-state index contributed by atoms with van der Waals surface area (Å²) in [6.45, 7) is 9.42. The average molecular weight is 824 g/mol. The van der Waals surface area contributed by atoms with Crippen molar-refractivity contribution in [2.75, 3.05) is 9.80 Å². The van der Waals surface area contributed by atoms with E-state index in [1.165, 1.54) is 71.9 Å². The molecule has 0 N–H and O–H groups in total. The summed E-state index contributed by atoms with van der Waals surface area (Å²) in [5.74, 6) is 0. The van der Waals surface area contributed by atoms with Gasteiger partial charge in [0.25, 0.3) is 0 Å². The molecule has 2 aliphatic rings. The summed E-state index contributed by atoms with van der Waals surface area (Å²) < 4.78 is 4.93. The molecule has 0 saturated heterocycles. The topological polar surface area (TPSA) is 29.2 Å². The van der Waals surface area contributed by atoms with Gasteiger partial charge in [-0.2, -0.15) is 0 Å². The molecule has 0 unspecified atom stereocenters. The third kappa shape index (κ3) is 4.98. The third-order valence-electron chi connectivity index (χ3n) is 14.4. The van der Waals surface area contributed by atoms with Crippen LogP contribution >= 0.6 is 0 Å². The Morgan fingerprint density at radius 3 is 1.36 bits per heavy atom. The highest BCUT2D eigenvalue weighted by Crippen LogP contribution is 2.56. The normalized spacial score (nSPS) is 14.8. The molecule has 5 nitrogen and oxygen atoms in total. The van der Waals surface area contributed by atoms with Crippen molar-refractivity contribution in [3.63, 3.8) is 0 Å². The van der Waals surface area contributed by atoms with Gasteiger partial charge in [-0.05, 0) is 101 Å². The highest BCUT2D eigenvalue weighted by atomic mass is 15.2. The molecule has 5 heterocycles. The number of hydrogen-bond acceptors (Lipinski definition) is 3. The van der Waals surface area contributed by atoms with E-state index < -0.39 is 0 Å². The van der Waals surface area contributed by atoms with Gasteiger partial charge in [-0.3, -0.25) is 4.98 Å². The zero-order valence-corrected chi connectivity index (χ0v) is 36.3. The third-order valence-corrected chi connectivity index (χ3v) is 14.4. The Labute approximate surface area is 372 Å². The van der Waals surface area contributed by atoms with E-state index in [2.05, 4.69) is 235 Å². The van der Waals surface area contributed by atoms with Gasteiger partial charge < -0.3 is 18.9 Å². The molecular weight excluding hydrogens is 779 g/mol. The van der Waals surface area contributed by atoms with Gasteiger partial charge in [-0.15, -0.1) is 0 Å². The van der Waals surface area contributed by atoms with Crippen LogP contribution in [0.1, 0.15) is 49.9 Å². The van der Waals surface area contributed by atoms with Crippen molar-refractivity contribution in [1.82, 2.24) is 14.1 Å². The minimum Gasteiger partial charge on any atom is -0.309 e. The molecule has 5 heteroatoms. The van der Waals surface area contributed by atoms with Crippen molar-refractivity contribution in [2.45, 2.75) is 38.5 Å². The molecule has 13 rings (SSSR count). The van der Waals surface area contributed by atoms with Crippen LogP contribution in [0.2, 0.25) is 0 Å². The maximum atomic E-state index is 4.72. The van der Waals surface area contributed by atoms with E-state index in [4.69, 9.17) is 4.98 Å². The minimum atomic E-state index is -0.300. The summed E-state index contributed by atoms with van der Waals surface area (Å²) in [5.41, 5.74) is 18.4. The Balaban J connectivity index is 1.10. The lowest BCUT2D eigenvalue weighted by molar-refractivity contribution is 0.630. The summed E-state index contributed by atoms with van der Waals surface area (Å²) in [5, 5.41) is 4.98. The minimum absolute atomic E-state index is 0.201. The average Bonchev–Trinajstić information content (AvgIpc) is 3.85. The standard InChI is InChI=1S/C59H45N5/c1-58(2)44-21-9-15-27-52(44)62(57-37-60-34-33-46(57)58)39-30-32-55(56(36-39)63-50-25-13-7-19-42(50)43-20-8-14-26-51(43)63)64-53-28-16-10-22-45(53)59(3,4)47-35-38(29-31-54(47)64)61-48-23-11-5-17-40(48)41-18-6-12-24-49(41)61/h5-37H,1-4H3. The Kier molecular flexibility index (Phi) is 7.64. The lowest BCUT2D eigenvalue weighted by Gasteiger charge is -2.43. The molecule has 306 valence electrons. The van der Waals surface area contributed by atoms with Gasteiger partial charge in [-0.25, -0.2) is 0 Å². The number of aromatic nitrogens is 3. The van der Waals surface area contributed by atoms with E-state index in [1.807, 2.05) is 12.4 Å². The van der Waals surface area contributed by atoms with Gasteiger partial charge in [0.15, 0.2) is 0 Å². The van der Waals surface area contributed by atoms with Crippen LogP contribution in [0.25, 0.3) is 55.0 Å². The smallest absolute Gasteiger partial charge is 0.0723 e. The number of rotatable bonds is 4. The van der Waals surface area contributed by atoms with Crippen molar-refractivity contribution in [3.8, 4) is 11.4 Å². The second-order valence-corrected chi connectivity index (χ2v) is 18.5. The molecule has 0 radical (unpaired) electrons. The molecule has 0 spiro atoms. The maximum absolute atomic E-state index is 4.72. The first kappa shape index (κ1) is 36.7. The van der Waals surface area contributed by atoms with E-state index in [1.54, 1.807) is 0 Å². The van der Waals surface area contributed by atoms with Crippen LogP contribution < -0.4 is 9.80 Å². The fourth-order valence-electron chi connectivity index (χ4n) is 11.3. The molecule has 11 aromatic rings. The Morgan fingerprint density at radius 2 is 0.766 bits per heavy atom. The maximum Gasteiger partial charge on any atom is 0.0723 e. The van der Waals surface area contributed by atoms with E-state index in [0.29, 0.717) is 0 Å². The molecule has 0 atom stereocenters. The van der Waals surface area contributed by atoms with Gasteiger partial charge in [-0.1, -0.05) is 137 Å². The number of pyridine rings is 1. The molecule has 0 fully saturated rings. The zero-order chi connectivity index (χ0) is 42.9. The van der Waals surface area contributed by atoms with E-state index in [9.17, 15) is 0 Å². The lowest BCUT2D eigenvalue weighted by atomic mass is 9.73. The SMILES string of the molecule is CC1(C)c2ccccc2N(c2ccc(N3c4ccccc4C(C)(C)c4cc(-n5c6ccccc6c6ccccc65)ccc43)c(-n3c4ccccc4c4ccccc43)c2)c2cnccc21. The predicted molar refractivity (Wildman–Crippen MR) is 267 cm³/mol. The molecule has 0 amide bonds. The van der Waals surface area contributed by atoms with Crippen LogP contribution in [0.15, 0.2) is 200 Å². The first-order valence-electron chi connectivity index (χ1n) is 22.3. The largest absolute Gasteiger partial charge is 0.309 e. The molecule has 64 heavy (non-hydrogen) atoms. The molecular formula is C59H45N5. The second kappa shape index (κ2) is 13.3. The van der Waals surface area contributed by atoms with Gasteiger partial charge in [0.05, 0.1) is 62.4 Å². The van der Waals surface area contributed by atoms with Crippen LogP contribution in [0.5, 0.6) is 0 Å². The number of anilines is 6. The van der Waals surface area contributed by atoms with Gasteiger partial charge >= 0.3 is 0 Å². The molecule has 3 aromatic heterocycles. The first-order chi connectivity index (χ1) is 31.3. The summed E-state index contributed by atoms with van der Waals surface area (Å²) in [4.78, 5) is 9.67. The highest BCUT2D eigenvalue weighted by molar-refractivity contribution is 6.11. The first-order valence-corrected chi connectivity index (χ1v) is 22.3. The lowest BCUT2D eigenvalue weighted by Crippen LogP contribution is -2.32. The van der Waals surface area contributed by atoms with Gasteiger partial charge in [0.2, 0.25) is 0 Å². The van der Waals surface area contributed by atoms with Crippen LogP contribution in [-0.2, 0) is 10.8 Å².